The zero-order chi connectivity index (χ0) is 13.2. The van der Waals surface area contributed by atoms with Gasteiger partial charge in [0.25, 0.3) is 5.91 Å². The lowest BCUT2D eigenvalue weighted by atomic mass is 10.0. The summed E-state index contributed by atoms with van der Waals surface area (Å²) in [6, 6.07) is 1.90. The molecule has 1 aromatic rings. The number of hydrogen-bond acceptors (Lipinski definition) is 2. The molecule has 0 aliphatic carbocycles. The van der Waals surface area contributed by atoms with Crippen molar-refractivity contribution in [1.82, 2.24) is 5.32 Å². The van der Waals surface area contributed by atoms with Gasteiger partial charge in [0.05, 0.1) is 5.56 Å². The van der Waals surface area contributed by atoms with Crippen molar-refractivity contribution < 1.29 is 13.6 Å². The van der Waals surface area contributed by atoms with Crippen LogP contribution in [0.5, 0.6) is 0 Å². The summed E-state index contributed by atoms with van der Waals surface area (Å²) < 4.78 is 26.5. The van der Waals surface area contributed by atoms with Crippen molar-refractivity contribution in [1.29, 1.82) is 0 Å². The molecule has 0 bridgehead atoms. The molecular formula is C12H16F2N2O. The average molecular weight is 242 g/mol. The molecule has 0 atom stereocenters. The minimum atomic E-state index is -0.876. The molecule has 0 aliphatic heterocycles. The van der Waals surface area contributed by atoms with Crippen LogP contribution in [-0.4, -0.2) is 18.0 Å². The summed E-state index contributed by atoms with van der Waals surface area (Å²) >= 11 is 0. The SMILES string of the molecule is Cc1cc(C(=O)NC(C)(C)CN)c(F)cc1F. The monoisotopic (exact) mass is 242 g/mol. The van der Waals surface area contributed by atoms with Crippen LogP contribution in [0.15, 0.2) is 12.1 Å². The van der Waals surface area contributed by atoms with Crippen molar-refractivity contribution in [3.05, 3.63) is 34.9 Å². The zero-order valence-corrected chi connectivity index (χ0v) is 10.1. The van der Waals surface area contributed by atoms with Gasteiger partial charge in [-0.25, -0.2) is 8.78 Å². The maximum absolute atomic E-state index is 13.4. The van der Waals surface area contributed by atoms with Crippen molar-refractivity contribution in [2.24, 2.45) is 5.73 Å². The Labute approximate surface area is 99.0 Å². The quantitative estimate of drug-likeness (QED) is 0.848. The first-order valence-corrected chi connectivity index (χ1v) is 5.25. The van der Waals surface area contributed by atoms with Gasteiger partial charge in [-0.15, -0.1) is 0 Å². The average Bonchev–Trinajstić information content (AvgIpc) is 2.22. The summed E-state index contributed by atoms with van der Waals surface area (Å²) in [4.78, 5) is 11.8. The summed E-state index contributed by atoms with van der Waals surface area (Å²) in [6.45, 7) is 5.14. The molecule has 0 saturated carbocycles. The number of amides is 1. The number of halogens is 2. The van der Waals surface area contributed by atoms with Crippen LogP contribution in [0.2, 0.25) is 0 Å². The van der Waals surface area contributed by atoms with Gasteiger partial charge in [0.2, 0.25) is 0 Å². The van der Waals surface area contributed by atoms with Crippen molar-refractivity contribution >= 4 is 5.91 Å². The number of carbonyl (C=O) groups excluding carboxylic acids is 1. The second-order valence-corrected chi connectivity index (χ2v) is 4.62. The molecule has 1 amide bonds. The summed E-state index contributed by atoms with van der Waals surface area (Å²) in [5.74, 6) is -2.14. The van der Waals surface area contributed by atoms with E-state index in [1.54, 1.807) is 13.8 Å². The standard InChI is InChI=1S/C12H16F2N2O/c1-7-4-8(10(14)5-9(7)13)11(17)16-12(2,3)6-15/h4-5H,6,15H2,1-3H3,(H,16,17). The Bertz CT molecular complexity index is 444. The van der Waals surface area contributed by atoms with Gasteiger partial charge in [-0.05, 0) is 32.4 Å². The molecule has 17 heavy (non-hydrogen) atoms. The topological polar surface area (TPSA) is 55.1 Å². The molecule has 5 heteroatoms. The number of carbonyl (C=O) groups is 1. The maximum Gasteiger partial charge on any atom is 0.254 e. The molecule has 1 rings (SSSR count). The van der Waals surface area contributed by atoms with Crippen LogP contribution in [0.1, 0.15) is 29.8 Å². The van der Waals surface area contributed by atoms with E-state index < -0.39 is 23.1 Å². The molecule has 0 unspecified atom stereocenters. The third-order valence-corrected chi connectivity index (χ3v) is 2.46. The lowest BCUT2D eigenvalue weighted by Crippen LogP contribution is -2.49. The Kier molecular flexibility index (Phi) is 3.83. The second-order valence-electron chi connectivity index (χ2n) is 4.62. The van der Waals surface area contributed by atoms with E-state index in [4.69, 9.17) is 5.73 Å². The van der Waals surface area contributed by atoms with Gasteiger partial charge < -0.3 is 11.1 Å². The number of nitrogens with two attached hydrogens (primary N) is 1. The van der Waals surface area contributed by atoms with Crippen LogP contribution in [0.25, 0.3) is 0 Å². The van der Waals surface area contributed by atoms with Gasteiger partial charge in [-0.1, -0.05) is 0 Å². The molecule has 0 heterocycles. The van der Waals surface area contributed by atoms with E-state index >= 15 is 0 Å². The Morgan fingerprint density at radius 1 is 1.35 bits per heavy atom. The Hall–Kier alpha value is -1.49. The van der Waals surface area contributed by atoms with E-state index in [1.165, 1.54) is 13.0 Å². The highest BCUT2D eigenvalue weighted by molar-refractivity contribution is 5.95. The van der Waals surface area contributed by atoms with E-state index in [0.29, 0.717) is 6.07 Å². The van der Waals surface area contributed by atoms with E-state index in [0.717, 1.165) is 0 Å². The van der Waals surface area contributed by atoms with Gasteiger partial charge >= 0.3 is 0 Å². The van der Waals surface area contributed by atoms with Crippen LogP contribution in [0.3, 0.4) is 0 Å². The number of benzene rings is 1. The van der Waals surface area contributed by atoms with Gasteiger partial charge in [-0.2, -0.15) is 0 Å². The summed E-state index contributed by atoms with van der Waals surface area (Å²) in [7, 11) is 0. The van der Waals surface area contributed by atoms with Gasteiger partial charge in [0, 0.05) is 18.2 Å². The third kappa shape index (κ3) is 3.23. The molecule has 0 aliphatic rings. The molecule has 0 saturated heterocycles. The summed E-state index contributed by atoms with van der Waals surface area (Å²) in [5.41, 5.74) is 4.87. The minimum Gasteiger partial charge on any atom is -0.346 e. The second kappa shape index (κ2) is 4.79. The highest BCUT2D eigenvalue weighted by atomic mass is 19.1. The van der Waals surface area contributed by atoms with E-state index in [9.17, 15) is 13.6 Å². The van der Waals surface area contributed by atoms with E-state index in [2.05, 4.69) is 5.32 Å². The first kappa shape index (κ1) is 13.6. The van der Waals surface area contributed by atoms with Gasteiger partial charge in [0.1, 0.15) is 11.6 Å². The molecule has 3 N–H and O–H groups in total. The maximum atomic E-state index is 13.4. The van der Waals surface area contributed by atoms with Gasteiger partial charge in [-0.3, -0.25) is 4.79 Å². The molecule has 3 nitrogen and oxygen atoms in total. The Morgan fingerprint density at radius 3 is 2.47 bits per heavy atom. The van der Waals surface area contributed by atoms with Crippen LogP contribution < -0.4 is 11.1 Å². The summed E-state index contributed by atoms with van der Waals surface area (Å²) in [5, 5.41) is 2.58. The molecular weight excluding hydrogens is 226 g/mol. The Morgan fingerprint density at radius 2 is 1.94 bits per heavy atom. The number of nitrogens with one attached hydrogen (secondary N) is 1. The fourth-order valence-corrected chi connectivity index (χ4v) is 1.26. The van der Waals surface area contributed by atoms with Crippen LogP contribution in [0, 0.1) is 18.6 Å². The Balaban J connectivity index is 3.01. The van der Waals surface area contributed by atoms with Crippen LogP contribution >= 0.6 is 0 Å². The van der Waals surface area contributed by atoms with E-state index in [1.807, 2.05) is 0 Å². The van der Waals surface area contributed by atoms with Crippen molar-refractivity contribution in [3.63, 3.8) is 0 Å². The highest BCUT2D eigenvalue weighted by Gasteiger charge is 2.22. The lowest BCUT2D eigenvalue weighted by molar-refractivity contribution is 0.0911. The third-order valence-electron chi connectivity index (χ3n) is 2.46. The molecule has 1 aromatic carbocycles. The smallest absolute Gasteiger partial charge is 0.254 e. The molecule has 0 spiro atoms. The molecule has 0 aromatic heterocycles. The van der Waals surface area contributed by atoms with E-state index in [-0.39, 0.29) is 17.7 Å². The van der Waals surface area contributed by atoms with Crippen molar-refractivity contribution in [2.45, 2.75) is 26.3 Å². The predicted octanol–water partition coefficient (Wildman–Crippen LogP) is 1.74. The minimum absolute atomic E-state index is 0.176. The zero-order valence-electron chi connectivity index (χ0n) is 10.1. The van der Waals surface area contributed by atoms with Crippen molar-refractivity contribution in [3.8, 4) is 0 Å². The normalized spacial score (nSPS) is 11.4. The lowest BCUT2D eigenvalue weighted by Gasteiger charge is -2.24. The largest absolute Gasteiger partial charge is 0.346 e. The first-order valence-electron chi connectivity index (χ1n) is 5.25. The van der Waals surface area contributed by atoms with Crippen molar-refractivity contribution in [2.75, 3.05) is 6.54 Å². The number of aryl methyl sites for hydroxylation is 1. The molecule has 0 radical (unpaired) electrons. The summed E-state index contributed by atoms with van der Waals surface area (Å²) in [6.07, 6.45) is 0. The van der Waals surface area contributed by atoms with Gasteiger partial charge in [0.15, 0.2) is 0 Å². The first-order chi connectivity index (χ1) is 7.76. The predicted molar refractivity (Wildman–Crippen MR) is 61.7 cm³/mol. The highest BCUT2D eigenvalue weighted by Crippen LogP contribution is 2.15. The fraction of sp³-hybridized carbons (Fsp3) is 0.417. The van der Waals surface area contributed by atoms with Crippen LogP contribution in [0.4, 0.5) is 8.78 Å². The van der Waals surface area contributed by atoms with Crippen LogP contribution in [-0.2, 0) is 0 Å². The molecule has 94 valence electrons. The fourth-order valence-electron chi connectivity index (χ4n) is 1.26. The number of rotatable bonds is 3. The molecule has 0 fully saturated rings. The number of hydrogen-bond donors (Lipinski definition) is 2.